The van der Waals surface area contributed by atoms with Crippen molar-refractivity contribution in [3.8, 4) is 0 Å². The molecule has 1 rings (SSSR count). The van der Waals surface area contributed by atoms with Crippen LogP contribution in [-0.4, -0.2) is 31.2 Å². The molecule has 0 atom stereocenters. The van der Waals surface area contributed by atoms with Gasteiger partial charge in [-0.1, -0.05) is 20.3 Å². The van der Waals surface area contributed by atoms with E-state index < -0.39 is 0 Å². The molecule has 0 N–H and O–H groups in total. The smallest absolute Gasteiger partial charge is 0.0807 e. The van der Waals surface area contributed by atoms with Crippen LogP contribution in [0.2, 0.25) is 0 Å². The van der Waals surface area contributed by atoms with Gasteiger partial charge in [-0.05, 0) is 25.7 Å². The maximum atomic E-state index is 2.45. The molecule has 78 valence electrons. The number of hydrogen-bond acceptors (Lipinski definition) is 0. The van der Waals surface area contributed by atoms with Crippen molar-refractivity contribution in [1.82, 2.24) is 0 Å². The van der Waals surface area contributed by atoms with Crippen LogP contribution >= 0.6 is 0 Å². The molecule has 0 amide bonds. The van der Waals surface area contributed by atoms with Crippen molar-refractivity contribution in [1.29, 1.82) is 0 Å². The monoisotopic (exact) mass is 184 g/mol. The van der Waals surface area contributed by atoms with Gasteiger partial charge in [0.05, 0.1) is 26.7 Å². The summed E-state index contributed by atoms with van der Waals surface area (Å²) in [7, 11) is 2.45. The third-order valence-electron chi connectivity index (χ3n) is 3.20. The van der Waals surface area contributed by atoms with Gasteiger partial charge in [0.15, 0.2) is 0 Å². The lowest BCUT2D eigenvalue weighted by Gasteiger charge is -2.37. The first-order chi connectivity index (χ1) is 6.12. The summed E-state index contributed by atoms with van der Waals surface area (Å²) in [6, 6.07) is 0. The lowest BCUT2D eigenvalue weighted by atomic mass is 10.0. The van der Waals surface area contributed by atoms with Crippen LogP contribution in [-0.2, 0) is 0 Å². The minimum absolute atomic E-state index is 0.851. The Hall–Kier alpha value is -0.0400. The number of hydrogen-bond donors (Lipinski definition) is 0. The minimum Gasteiger partial charge on any atom is -0.326 e. The molecule has 0 radical (unpaired) electrons. The number of quaternary nitrogens is 1. The van der Waals surface area contributed by atoms with E-state index >= 15 is 0 Å². The summed E-state index contributed by atoms with van der Waals surface area (Å²) in [5.41, 5.74) is 0. The molecule has 0 aliphatic carbocycles. The lowest BCUT2D eigenvalue weighted by molar-refractivity contribution is -0.913. The summed E-state index contributed by atoms with van der Waals surface area (Å²) in [5, 5.41) is 0. The molecule has 0 aromatic rings. The summed E-state index contributed by atoms with van der Waals surface area (Å²) in [6.45, 7) is 8.90. The highest BCUT2D eigenvalue weighted by Gasteiger charge is 2.23. The molecular weight excluding hydrogens is 158 g/mol. The normalized spacial score (nSPS) is 24.0. The van der Waals surface area contributed by atoms with Crippen molar-refractivity contribution in [2.75, 3.05) is 26.7 Å². The van der Waals surface area contributed by atoms with Gasteiger partial charge in [0.25, 0.3) is 0 Å². The van der Waals surface area contributed by atoms with Crippen LogP contribution in [0.5, 0.6) is 0 Å². The molecule has 1 heterocycles. The first-order valence-electron chi connectivity index (χ1n) is 5.96. The molecule has 1 fully saturated rings. The second-order valence-electron chi connectivity index (χ2n) is 5.41. The van der Waals surface area contributed by atoms with E-state index in [1.165, 1.54) is 56.2 Å². The molecular formula is C12H26N+. The van der Waals surface area contributed by atoms with Gasteiger partial charge < -0.3 is 4.48 Å². The van der Waals surface area contributed by atoms with E-state index in [9.17, 15) is 0 Å². The minimum atomic E-state index is 0.851. The van der Waals surface area contributed by atoms with Gasteiger partial charge in [-0.15, -0.1) is 0 Å². The average molecular weight is 184 g/mol. The maximum Gasteiger partial charge on any atom is 0.0807 e. The fraction of sp³-hybridized carbons (Fsp3) is 1.00. The second-order valence-corrected chi connectivity index (χ2v) is 5.41. The lowest BCUT2D eigenvalue weighted by Crippen LogP contribution is -2.48. The first-order valence-corrected chi connectivity index (χ1v) is 5.96. The second kappa shape index (κ2) is 4.99. The Morgan fingerprint density at radius 2 is 1.38 bits per heavy atom. The fourth-order valence-electron chi connectivity index (χ4n) is 2.69. The van der Waals surface area contributed by atoms with Crippen LogP contribution in [0.3, 0.4) is 0 Å². The fourth-order valence-corrected chi connectivity index (χ4v) is 2.69. The van der Waals surface area contributed by atoms with Crippen LogP contribution < -0.4 is 0 Å². The summed E-state index contributed by atoms with van der Waals surface area (Å²) < 4.78 is 1.33. The number of nitrogens with zero attached hydrogens (tertiary/aromatic N) is 1. The molecule has 0 spiro atoms. The highest BCUT2D eigenvalue weighted by molar-refractivity contribution is 4.53. The SMILES string of the molecule is CC(C)C[N+]1(C)CCCCCCC1. The van der Waals surface area contributed by atoms with Gasteiger partial charge in [-0.2, -0.15) is 0 Å². The standard InChI is InChI=1S/C12H26N/c1-12(2)11-13(3)9-7-5-4-6-8-10-13/h12H,4-11H2,1-3H3/q+1. The zero-order valence-electron chi connectivity index (χ0n) is 9.68. The van der Waals surface area contributed by atoms with Crippen LogP contribution in [0, 0.1) is 5.92 Å². The van der Waals surface area contributed by atoms with E-state index in [4.69, 9.17) is 0 Å². The van der Waals surface area contributed by atoms with E-state index in [0.717, 1.165) is 5.92 Å². The summed E-state index contributed by atoms with van der Waals surface area (Å²) >= 11 is 0. The zero-order chi connectivity index (χ0) is 9.73. The molecule has 1 nitrogen and oxygen atoms in total. The Morgan fingerprint density at radius 1 is 0.923 bits per heavy atom. The molecule has 1 aliphatic heterocycles. The van der Waals surface area contributed by atoms with Crippen molar-refractivity contribution in [2.45, 2.75) is 46.0 Å². The van der Waals surface area contributed by atoms with E-state index in [2.05, 4.69) is 20.9 Å². The highest BCUT2D eigenvalue weighted by Crippen LogP contribution is 2.17. The number of likely N-dealkylation sites (tertiary alicyclic amines) is 1. The van der Waals surface area contributed by atoms with Gasteiger partial charge in [0.1, 0.15) is 0 Å². The Kier molecular flexibility index (Phi) is 4.24. The molecule has 0 saturated carbocycles. The van der Waals surface area contributed by atoms with Crippen molar-refractivity contribution in [3.63, 3.8) is 0 Å². The van der Waals surface area contributed by atoms with Crippen molar-refractivity contribution >= 4 is 0 Å². The predicted octanol–water partition coefficient (Wildman–Crippen LogP) is 3.05. The Bertz CT molecular complexity index is 132. The molecule has 0 bridgehead atoms. The van der Waals surface area contributed by atoms with E-state index in [0.29, 0.717) is 0 Å². The molecule has 0 aromatic heterocycles. The Balaban J connectivity index is 2.41. The van der Waals surface area contributed by atoms with Gasteiger partial charge in [0.2, 0.25) is 0 Å². The maximum absolute atomic E-state index is 2.45. The van der Waals surface area contributed by atoms with Crippen molar-refractivity contribution in [3.05, 3.63) is 0 Å². The molecule has 1 saturated heterocycles. The van der Waals surface area contributed by atoms with E-state index in [1.54, 1.807) is 0 Å². The summed E-state index contributed by atoms with van der Waals surface area (Å²) in [5.74, 6) is 0.851. The Morgan fingerprint density at radius 3 is 1.85 bits per heavy atom. The largest absolute Gasteiger partial charge is 0.326 e. The predicted molar refractivity (Wildman–Crippen MR) is 58.7 cm³/mol. The summed E-state index contributed by atoms with van der Waals surface area (Å²) in [4.78, 5) is 0. The van der Waals surface area contributed by atoms with Crippen molar-refractivity contribution in [2.24, 2.45) is 5.92 Å². The van der Waals surface area contributed by atoms with Crippen LogP contribution in [0.25, 0.3) is 0 Å². The van der Waals surface area contributed by atoms with Gasteiger partial charge >= 0.3 is 0 Å². The molecule has 0 aromatic carbocycles. The summed E-state index contributed by atoms with van der Waals surface area (Å²) in [6.07, 6.45) is 7.30. The quantitative estimate of drug-likeness (QED) is 0.579. The molecule has 1 aliphatic rings. The van der Waals surface area contributed by atoms with Gasteiger partial charge in [0, 0.05) is 5.92 Å². The van der Waals surface area contributed by atoms with Crippen molar-refractivity contribution < 1.29 is 4.48 Å². The van der Waals surface area contributed by atoms with Crippen LogP contribution in [0.4, 0.5) is 0 Å². The highest BCUT2D eigenvalue weighted by atomic mass is 15.3. The first kappa shape index (κ1) is 11.0. The van der Waals surface area contributed by atoms with E-state index in [1.807, 2.05) is 0 Å². The van der Waals surface area contributed by atoms with Crippen LogP contribution in [0.1, 0.15) is 46.0 Å². The van der Waals surface area contributed by atoms with Gasteiger partial charge in [-0.3, -0.25) is 0 Å². The topological polar surface area (TPSA) is 0 Å². The third-order valence-corrected chi connectivity index (χ3v) is 3.20. The molecule has 13 heavy (non-hydrogen) atoms. The zero-order valence-corrected chi connectivity index (χ0v) is 9.68. The van der Waals surface area contributed by atoms with E-state index in [-0.39, 0.29) is 0 Å². The molecule has 1 heteroatoms. The van der Waals surface area contributed by atoms with Gasteiger partial charge in [-0.25, -0.2) is 0 Å². The average Bonchev–Trinajstić information content (AvgIpc) is 1.97. The van der Waals surface area contributed by atoms with Crippen LogP contribution in [0.15, 0.2) is 0 Å². The third kappa shape index (κ3) is 4.12. The molecule has 0 unspecified atom stereocenters. The number of rotatable bonds is 2. The Labute approximate surface area is 83.7 Å².